The summed E-state index contributed by atoms with van der Waals surface area (Å²) in [7, 11) is 1.58. The number of alkyl halides is 3. The molecular formula is C13H15BrF3NO2. The number of anilines is 1. The van der Waals surface area contributed by atoms with Crippen molar-refractivity contribution in [2.75, 3.05) is 19.0 Å². The standard InChI is InChI=1S/C13H15BrF3NO2/c1-19-7-11(8-2-3-8)18-10-5-4-9(14)6-12(10)20-13(15,16)17/h4-6,8,11,18H,2-3,7H2,1H3. The van der Waals surface area contributed by atoms with E-state index in [0.717, 1.165) is 12.8 Å². The van der Waals surface area contributed by atoms with Gasteiger partial charge >= 0.3 is 6.36 Å². The van der Waals surface area contributed by atoms with E-state index in [0.29, 0.717) is 22.7 Å². The third-order valence-corrected chi connectivity index (χ3v) is 3.54. The van der Waals surface area contributed by atoms with Gasteiger partial charge in [-0.3, -0.25) is 0 Å². The number of hydrogen-bond acceptors (Lipinski definition) is 3. The molecule has 1 aromatic rings. The molecular weight excluding hydrogens is 339 g/mol. The maximum absolute atomic E-state index is 12.4. The Morgan fingerprint density at radius 2 is 2.10 bits per heavy atom. The summed E-state index contributed by atoms with van der Waals surface area (Å²) in [6.07, 6.45) is -2.59. The van der Waals surface area contributed by atoms with Crippen LogP contribution in [0.15, 0.2) is 22.7 Å². The normalized spacial score (nSPS) is 16.9. The number of hydrogen-bond donors (Lipinski definition) is 1. The fraction of sp³-hybridized carbons (Fsp3) is 0.538. The van der Waals surface area contributed by atoms with Crippen LogP contribution >= 0.6 is 15.9 Å². The Balaban J connectivity index is 2.16. The van der Waals surface area contributed by atoms with E-state index in [1.165, 1.54) is 6.07 Å². The Labute approximate surface area is 123 Å². The molecule has 0 saturated heterocycles. The third kappa shape index (κ3) is 4.56. The van der Waals surface area contributed by atoms with Gasteiger partial charge in [0.15, 0.2) is 5.75 Å². The van der Waals surface area contributed by atoms with Crippen molar-refractivity contribution in [1.29, 1.82) is 0 Å². The van der Waals surface area contributed by atoms with Crippen molar-refractivity contribution in [3.05, 3.63) is 22.7 Å². The molecule has 112 valence electrons. The van der Waals surface area contributed by atoms with E-state index in [4.69, 9.17) is 4.74 Å². The lowest BCUT2D eigenvalue weighted by Crippen LogP contribution is -2.28. The summed E-state index contributed by atoms with van der Waals surface area (Å²) in [5.41, 5.74) is 0.319. The Morgan fingerprint density at radius 3 is 2.65 bits per heavy atom. The maximum Gasteiger partial charge on any atom is 0.573 e. The molecule has 1 saturated carbocycles. The van der Waals surface area contributed by atoms with Crippen LogP contribution < -0.4 is 10.1 Å². The number of methoxy groups -OCH3 is 1. The van der Waals surface area contributed by atoms with Gasteiger partial charge < -0.3 is 14.8 Å². The molecule has 2 rings (SSSR count). The first-order chi connectivity index (χ1) is 9.39. The van der Waals surface area contributed by atoms with Crippen LogP contribution in [0.25, 0.3) is 0 Å². The molecule has 0 aromatic heterocycles. The highest BCUT2D eigenvalue weighted by Gasteiger charge is 2.34. The molecule has 1 atom stereocenters. The summed E-state index contributed by atoms with van der Waals surface area (Å²) < 4.78 is 47.0. The highest BCUT2D eigenvalue weighted by atomic mass is 79.9. The van der Waals surface area contributed by atoms with Crippen molar-refractivity contribution in [2.24, 2.45) is 5.92 Å². The van der Waals surface area contributed by atoms with E-state index >= 15 is 0 Å². The molecule has 1 N–H and O–H groups in total. The lowest BCUT2D eigenvalue weighted by Gasteiger charge is -2.21. The number of rotatable bonds is 6. The van der Waals surface area contributed by atoms with Gasteiger partial charge in [-0.05, 0) is 37.0 Å². The fourth-order valence-corrected chi connectivity index (χ4v) is 2.34. The Morgan fingerprint density at radius 1 is 1.40 bits per heavy atom. The van der Waals surface area contributed by atoms with Gasteiger partial charge in [0.2, 0.25) is 0 Å². The minimum absolute atomic E-state index is 0.00300. The van der Waals surface area contributed by atoms with E-state index in [1.54, 1.807) is 19.2 Å². The van der Waals surface area contributed by atoms with Gasteiger partial charge in [0.25, 0.3) is 0 Å². The quantitative estimate of drug-likeness (QED) is 0.831. The molecule has 0 amide bonds. The minimum Gasteiger partial charge on any atom is -0.404 e. The second kappa shape index (κ2) is 6.22. The molecule has 0 bridgehead atoms. The van der Waals surface area contributed by atoms with Crippen LogP contribution in [0.4, 0.5) is 18.9 Å². The molecule has 20 heavy (non-hydrogen) atoms. The van der Waals surface area contributed by atoms with Gasteiger partial charge in [-0.1, -0.05) is 15.9 Å². The largest absolute Gasteiger partial charge is 0.573 e. The zero-order valence-electron chi connectivity index (χ0n) is 10.8. The van der Waals surface area contributed by atoms with Crippen molar-refractivity contribution >= 4 is 21.6 Å². The Hall–Kier alpha value is -0.950. The van der Waals surface area contributed by atoms with Crippen molar-refractivity contribution < 1.29 is 22.6 Å². The SMILES string of the molecule is COCC(Nc1ccc(Br)cc1OC(F)(F)F)C1CC1. The monoisotopic (exact) mass is 353 g/mol. The van der Waals surface area contributed by atoms with Gasteiger partial charge in [-0.25, -0.2) is 0 Å². The molecule has 0 aliphatic heterocycles. The molecule has 1 aliphatic rings. The summed E-state index contributed by atoms with van der Waals surface area (Å²) >= 11 is 3.14. The summed E-state index contributed by atoms with van der Waals surface area (Å²) in [6.45, 7) is 0.451. The molecule has 1 aromatic carbocycles. The van der Waals surface area contributed by atoms with Crippen LogP contribution in [-0.2, 0) is 4.74 Å². The highest BCUT2D eigenvalue weighted by molar-refractivity contribution is 9.10. The molecule has 1 aliphatic carbocycles. The molecule has 0 spiro atoms. The van der Waals surface area contributed by atoms with Crippen molar-refractivity contribution in [3.63, 3.8) is 0 Å². The smallest absolute Gasteiger partial charge is 0.404 e. The molecule has 1 unspecified atom stereocenters. The van der Waals surface area contributed by atoms with E-state index in [-0.39, 0.29) is 11.8 Å². The summed E-state index contributed by atoms with van der Waals surface area (Å²) in [5, 5.41) is 3.09. The summed E-state index contributed by atoms with van der Waals surface area (Å²) in [6, 6.07) is 4.53. The predicted octanol–water partition coefficient (Wildman–Crippen LogP) is 4.18. The maximum atomic E-state index is 12.4. The van der Waals surface area contributed by atoms with E-state index in [1.807, 2.05) is 0 Å². The number of benzene rings is 1. The lowest BCUT2D eigenvalue weighted by atomic mass is 10.2. The van der Waals surface area contributed by atoms with Gasteiger partial charge in [0.1, 0.15) is 0 Å². The zero-order chi connectivity index (χ0) is 14.8. The number of ether oxygens (including phenoxy) is 2. The van der Waals surface area contributed by atoms with Crippen LogP contribution in [0.2, 0.25) is 0 Å². The van der Waals surface area contributed by atoms with E-state index in [9.17, 15) is 13.2 Å². The summed E-state index contributed by atoms with van der Waals surface area (Å²) in [5.74, 6) is 0.200. The van der Waals surface area contributed by atoms with Crippen LogP contribution in [-0.4, -0.2) is 26.1 Å². The van der Waals surface area contributed by atoms with Crippen LogP contribution in [0.3, 0.4) is 0 Å². The molecule has 0 heterocycles. The predicted molar refractivity (Wildman–Crippen MR) is 72.8 cm³/mol. The average Bonchev–Trinajstić information content (AvgIpc) is 3.13. The fourth-order valence-electron chi connectivity index (χ4n) is 2.00. The number of halogens is 4. The molecule has 0 radical (unpaired) electrons. The van der Waals surface area contributed by atoms with Crippen molar-refractivity contribution in [2.45, 2.75) is 25.2 Å². The molecule has 3 nitrogen and oxygen atoms in total. The first kappa shape index (κ1) is 15.4. The Kier molecular flexibility index (Phi) is 4.80. The van der Waals surface area contributed by atoms with Gasteiger partial charge in [-0.2, -0.15) is 0 Å². The van der Waals surface area contributed by atoms with Gasteiger partial charge in [0, 0.05) is 11.6 Å². The van der Waals surface area contributed by atoms with Crippen molar-refractivity contribution in [1.82, 2.24) is 0 Å². The highest BCUT2D eigenvalue weighted by Crippen LogP contribution is 2.38. The molecule has 7 heteroatoms. The molecule has 1 fully saturated rings. The van der Waals surface area contributed by atoms with E-state index in [2.05, 4.69) is 26.0 Å². The van der Waals surface area contributed by atoms with Crippen LogP contribution in [0.1, 0.15) is 12.8 Å². The first-order valence-corrected chi connectivity index (χ1v) is 6.99. The van der Waals surface area contributed by atoms with Gasteiger partial charge in [0.05, 0.1) is 18.3 Å². The topological polar surface area (TPSA) is 30.5 Å². The van der Waals surface area contributed by atoms with Crippen LogP contribution in [0, 0.1) is 5.92 Å². The van der Waals surface area contributed by atoms with E-state index < -0.39 is 6.36 Å². The van der Waals surface area contributed by atoms with Gasteiger partial charge in [-0.15, -0.1) is 13.2 Å². The first-order valence-electron chi connectivity index (χ1n) is 6.20. The van der Waals surface area contributed by atoms with Crippen LogP contribution in [0.5, 0.6) is 5.75 Å². The Bertz CT molecular complexity index is 463. The summed E-state index contributed by atoms with van der Waals surface area (Å²) in [4.78, 5) is 0. The second-order valence-electron chi connectivity index (χ2n) is 4.73. The average molecular weight is 354 g/mol. The third-order valence-electron chi connectivity index (χ3n) is 3.05. The minimum atomic E-state index is -4.71. The van der Waals surface area contributed by atoms with Crippen molar-refractivity contribution in [3.8, 4) is 5.75 Å². The second-order valence-corrected chi connectivity index (χ2v) is 5.65. The lowest BCUT2D eigenvalue weighted by molar-refractivity contribution is -0.274. The zero-order valence-corrected chi connectivity index (χ0v) is 12.4. The number of nitrogens with one attached hydrogen (secondary N) is 1.